The number of ether oxygens (including phenoxy) is 1. The zero-order valence-corrected chi connectivity index (χ0v) is 9.53. The molecule has 0 aromatic rings. The molecule has 0 aromatic heterocycles. The molecular weight excluding hydrogens is 192 g/mol. The summed E-state index contributed by atoms with van der Waals surface area (Å²) in [5, 5.41) is 0. The molecule has 0 saturated heterocycles. The Kier molecular flexibility index (Phi) is 3.12. The van der Waals surface area contributed by atoms with E-state index in [1.807, 2.05) is 26.8 Å². The van der Waals surface area contributed by atoms with Crippen LogP contribution in [0.1, 0.15) is 27.7 Å². The summed E-state index contributed by atoms with van der Waals surface area (Å²) in [5.74, 6) is -0.339. The van der Waals surface area contributed by atoms with E-state index in [1.165, 1.54) is 6.92 Å². The molecule has 0 amide bonds. The van der Waals surface area contributed by atoms with E-state index in [0.717, 1.165) is 11.9 Å². The quantitative estimate of drug-likeness (QED) is 0.396. The minimum absolute atomic E-state index is 0.275. The maximum absolute atomic E-state index is 10.9. The van der Waals surface area contributed by atoms with Gasteiger partial charge in [0.1, 0.15) is 12.4 Å². The highest BCUT2D eigenvalue weighted by Gasteiger charge is 2.28. The molecule has 0 spiro atoms. The first-order valence-electron chi connectivity index (χ1n) is 4.91. The second-order valence-electron chi connectivity index (χ2n) is 4.38. The molecule has 1 aliphatic rings. The molecule has 15 heavy (non-hydrogen) atoms. The monoisotopic (exact) mass is 208 g/mol. The smallest absolute Gasteiger partial charge is 0.303 e. The van der Waals surface area contributed by atoms with Gasteiger partial charge in [0, 0.05) is 17.9 Å². The Balaban J connectivity index is 2.99. The average molecular weight is 208 g/mol. The molecule has 0 radical (unpaired) electrons. The van der Waals surface area contributed by atoms with Gasteiger partial charge < -0.3 is 4.74 Å². The molecular formula is C12H16O3. The molecule has 0 aromatic carbocycles. The van der Waals surface area contributed by atoms with Gasteiger partial charge in [0.2, 0.25) is 0 Å². The summed E-state index contributed by atoms with van der Waals surface area (Å²) >= 11 is 0. The van der Waals surface area contributed by atoms with E-state index in [2.05, 4.69) is 0 Å². The molecule has 1 atom stereocenters. The fourth-order valence-corrected chi connectivity index (χ4v) is 1.74. The van der Waals surface area contributed by atoms with Crippen molar-refractivity contribution in [3.05, 3.63) is 23.3 Å². The Morgan fingerprint density at radius 3 is 2.60 bits per heavy atom. The van der Waals surface area contributed by atoms with Crippen molar-refractivity contribution in [1.82, 2.24) is 0 Å². The topological polar surface area (TPSA) is 43.4 Å². The molecule has 1 rings (SSSR count). The number of carbonyl (C=O) groups is 2. The summed E-state index contributed by atoms with van der Waals surface area (Å²) in [4.78, 5) is 21.7. The average Bonchev–Trinajstić information content (AvgIpc) is 2.08. The third-order valence-corrected chi connectivity index (χ3v) is 2.53. The number of hydrogen-bond acceptors (Lipinski definition) is 3. The number of aldehydes is 1. The molecule has 3 nitrogen and oxygen atoms in total. The van der Waals surface area contributed by atoms with Gasteiger partial charge in [-0.25, -0.2) is 0 Å². The van der Waals surface area contributed by atoms with Crippen LogP contribution in [-0.2, 0) is 14.3 Å². The van der Waals surface area contributed by atoms with Crippen LogP contribution >= 0.6 is 0 Å². The predicted molar refractivity (Wildman–Crippen MR) is 57.2 cm³/mol. The second kappa shape index (κ2) is 4.01. The first-order chi connectivity index (χ1) is 6.86. The Hall–Kier alpha value is -1.38. The molecule has 3 heteroatoms. The minimum Gasteiger partial charge on any atom is -0.454 e. The lowest BCUT2D eigenvalue weighted by Crippen LogP contribution is -2.26. The van der Waals surface area contributed by atoms with Crippen molar-refractivity contribution in [3.8, 4) is 0 Å². The van der Waals surface area contributed by atoms with E-state index in [-0.39, 0.29) is 11.4 Å². The maximum Gasteiger partial charge on any atom is 0.303 e. The van der Waals surface area contributed by atoms with Crippen molar-refractivity contribution in [2.45, 2.75) is 33.8 Å². The van der Waals surface area contributed by atoms with Crippen molar-refractivity contribution in [1.29, 1.82) is 0 Å². The zero-order chi connectivity index (χ0) is 11.6. The molecule has 0 aliphatic heterocycles. The molecule has 1 unspecified atom stereocenters. The summed E-state index contributed by atoms with van der Waals surface area (Å²) in [5.41, 5.74) is 1.34. The first-order valence-corrected chi connectivity index (χ1v) is 4.91. The number of esters is 1. The molecule has 0 saturated carbocycles. The van der Waals surface area contributed by atoms with Crippen LogP contribution in [0.15, 0.2) is 23.3 Å². The lowest BCUT2D eigenvalue weighted by Gasteiger charge is -2.29. The minimum atomic E-state index is -0.393. The van der Waals surface area contributed by atoms with Crippen molar-refractivity contribution >= 4 is 12.3 Å². The van der Waals surface area contributed by atoms with Gasteiger partial charge in [0.25, 0.3) is 0 Å². The molecule has 0 heterocycles. The van der Waals surface area contributed by atoms with Crippen LogP contribution in [0.3, 0.4) is 0 Å². The Bertz CT molecular complexity index is 348. The van der Waals surface area contributed by atoms with Crippen LogP contribution < -0.4 is 0 Å². The molecule has 1 aliphatic carbocycles. The number of allylic oxidation sites excluding steroid dienone is 2. The van der Waals surface area contributed by atoms with Crippen molar-refractivity contribution in [2.75, 3.05) is 0 Å². The van der Waals surface area contributed by atoms with Crippen LogP contribution in [0, 0.1) is 5.41 Å². The highest BCUT2D eigenvalue weighted by Crippen LogP contribution is 2.34. The molecule has 82 valence electrons. The summed E-state index contributed by atoms with van der Waals surface area (Å²) < 4.78 is 5.09. The van der Waals surface area contributed by atoms with Crippen molar-refractivity contribution < 1.29 is 14.3 Å². The maximum atomic E-state index is 10.9. The molecule has 0 bridgehead atoms. The van der Waals surface area contributed by atoms with Gasteiger partial charge in [0.05, 0.1) is 0 Å². The SMILES string of the molecule is CC(=O)OC1C=C(C=O)C(C)(C)C=C1C. The lowest BCUT2D eigenvalue weighted by atomic mass is 9.78. The van der Waals surface area contributed by atoms with E-state index in [9.17, 15) is 9.59 Å². The third-order valence-electron chi connectivity index (χ3n) is 2.53. The van der Waals surface area contributed by atoms with Crippen molar-refractivity contribution in [3.63, 3.8) is 0 Å². The van der Waals surface area contributed by atoms with Crippen LogP contribution in [0.4, 0.5) is 0 Å². The summed E-state index contributed by atoms with van der Waals surface area (Å²) in [6.07, 6.45) is 4.10. The van der Waals surface area contributed by atoms with Gasteiger partial charge in [-0.05, 0) is 18.6 Å². The predicted octanol–water partition coefficient (Wildman–Crippen LogP) is 2.03. The van der Waals surface area contributed by atoms with Crippen molar-refractivity contribution in [2.24, 2.45) is 5.41 Å². The second-order valence-corrected chi connectivity index (χ2v) is 4.38. The Labute approximate surface area is 89.8 Å². The van der Waals surface area contributed by atoms with E-state index in [1.54, 1.807) is 6.08 Å². The molecule has 0 fully saturated rings. The number of carbonyl (C=O) groups excluding carboxylic acids is 2. The van der Waals surface area contributed by atoms with Crippen LogP contribution in [-0.4, -0.2) is 18.4 Å². The number of hydrogen-bond donors (Lipinski definition) is 0. The van der Waals surface area contributed by atoms with Crippen LogP contribution in [0.25, 0.3) is 0 Å². The van der Waals surface area contributed by atoms with E-state index >= 15 is 0 Å². The lowest BCUT2D eigenvalue weighted by molar-refractivity contribution is -0.143. The van der Waals surface area contributed by atoms with Crippen LogP contribution in [0.5, 0.6) is 0 Å². The van der Waals surface area contributed by atoms with Gasteiger partial charge in [-0.3, -0.25) is 9.59 Å². The first kappa shape index (κ1) is 11.7. The van der Waals surface area contributed by atoms with Crippen LogP contribution in [0.2, 0.25) is 0 Å². The fraction of sp³-hybridized carbons (Fsp3) is 0.500. The van der Waals surface area contributed by atoms with Gasteiger partial charge in [-0.2, -0.15) is 0 Å². The van der Waals surface area contributed by atoms with Gasteiger partial charge in [-0.1, -0.05) is 19.9 Å². The third kappa shape index (κ3) is 2.55. The summed E-state index contributed by atoms with van der Waals surface area (Å²) in [6.45, 7) is 7.18. The largest absolute Gasteiger partial charge is 0.454 e. The fourth-order valence-electron chi connectivity index (χ4n) is 1.74. The molecule has 0 N–H and O–H groups in total. The van der Waals surface area contributed by atoms with E-state index < -0.39 is 6.10 Å². The normalized spacial score (nSPS) is 23.9. The highest BCUT2D eigenvalue weighted by atomic mass is 16.5. The number of rotatable bonds is 2. The van der Waals surface area contributed by atoms with Gasteiger partial charge >= 0.3 is 5.97 Å². The zero-order valence-electron chi connectivity index (χ0n) is 9.53. The van der Waals surface area contributed by atoms with E-state index in [4.69, 9.17) is 4.74 Å². The summed E-state index contributed by atoms with van der Waals surface area (Å²) in [6, 6.07) is 0. The Morgan fingerprint density at radius 1 is 1.53 bits per heavy atom. The Morgan fingerprint density at radius 2 is 2.13 bits per heavy atom. The van der Waals surface area contributed by atoms with E-state index in [0.29, 0.717) is 5.57 Å². The summed E-state index contributed by atoms with van der Waals surface area (Å²) in [7, 11) is 0. The standard InChI is InChI=1S/C12H16O3/c1-8-6-12(3,4)10(7-13)5-11(8)15-9(2)14/h5-7,11H,1-4H3. The van der Waals surface area contributed by atoms with Gasteiger partial charge in [0.15, 0.2) is 0 Å². The van der Waals surface area contributed by atoms with Gasteiger partial charge in [-0.15, -0.1) is 0 Å². The highest BCUT2D eigenvalue weighted by molar-refractivity contribution is 5.77.